The van der Waals surface area contributed by atoms with Crippen LogP contribution in [0, 0.1) is 6.92 Å². The Kier molecular flexibility index (Phi) is 2.12. The molecule has 2 aromatic heterocycles. The molecule has 2 rings (SSSR count). The van der Waals surface area contributed by atoms with E-state index >= 15 is 0 Å². The lowest BCUT2D eigenvalue weighted by atomic mass is 10.3. The van der Waals surface area contributed by atoms with E-state index in [0.717, 1.165) is 22.2 Å². The van der Waals surface area contributed by atoms with Gasteiger partial charge >= 0.3 is 0 Å². The molecule has 0 saturated heterocycles. The topological polar surface area (TPSA) is 17.3 Å². The van der Waals surface area contributed by atoms with Gasteiger partial charge in [0.1, 0.15) is 5.65 Å². The van der Waals surface area contributed by atoms with Crippen LogP contribution < -0.4 is 0 Å². The van der Waals surface area contributed by atoms with Crippen LogP contribution in [0.25, 0.3) is 5.65 Å². The van der Waals surface area contributed by atoms with Crippen LogP contribution in [0.15, 0.2) is 22.9 Å². The van der Waals surface area contributed by atoms with E-state index in [1.54, 1.807) is 0 Å². The second-order valence-electron chi connectivity index (χ2n) is 3.16. The molecule has 2 heterocycles. The Morgan fingerprint density at radius 3 is 2.92 bits per heavy atom. The normalized spacial score (nSPS) is 11.0. The van der Waals surface area contributed by atoms with Crippen molar-refractivity contribution in [1.29, 1.82) is 0 Å². The van der Waals surface area contributed by atoms with Gasteiger partial charge < -0.3 is 4.40 Å². The molecule has 2 nitrogen and oxygen atoms in total. The van der Waals surface area contributed by atoms with Crippen LogP contribution in [0.1, 0.15) is 18.2 Å². The molecule has 13 heavy (non-hydrogen) atoms. The summed E-state index contributed by atoms with van der Waals surface area (Å²) in [7, 11) is 0. The Morgan fingerprint density at radius 1 is 1.46 bits per heavy atom. The van der Waals surface area contributed by atoms with Crippen LogP contribution in [0.5, 0.6) is 0 Å². The molecule has 0 N–H and O–H groups in total. The number of fused-ring (bicyclic) bond motifs is 1. The van der Waals surface area contributed by atoms with E-state index in [9.17, 15) is 0 Å². The van der Waals surface area contributed by atoms with Gasteiger partial charge in [-0.15, -0.1) is 0 Å². The predicted molar refractivity (Wildman–Crippen MR) is 57.0 cm³/mol. The molecule has 0 radical (unpaired) electrons. The van der Waals surface area contributed by atoms with E-state index in [4.69, 9.17) is 0 Å². The minimum Gasteiger partial charge on any atom is -0.305 e. The summed E-state index contributed by atoms with van der Waals surface area (Å²) in [6.45, 7) is 4.19. The van der Waals surface area contributed by atoms with E-state index in [2.05, 4.69) is 51.4 Å². The second kappa shape index (κ2) is 3.14. The standard InChI is InChI=1S/C10H11BrN2/c1-3-9-6-13-5-8(11)4-7(2)10(13)12-9/h4-6H,3H2,1-2H3. The summed E-state index contributed by atoms with van der Waals surface area (Å²) >= 11 is 3.47. The first-order chi connectivity index (χ1) is 6.20. The van der Waals surface area contributed by atoms with E-state index in [0.29, 0.717) is 0 Å². The SMILES string of the molecule is CCc1cn2cc(Br)cc(C)c2n1. The van der Waals surface area contributed by atoms with Gasteiger partial charge in [-0.2, -0.15) is 0 Å². The molecule has 0 spiro atoms. The molecular formula is C10H11BrN2. The lowest BCUT2D eigenvalue weighted by molar-refractivity contribution is 1.07. The maximum absolute atomic E-state index is 4.51. The molecule has 3 heteroatoms. The van der Waals surface area contributed by atoms with Crippen molar-refractivity contribution in [1.82, 2.24) is 9.38 Å². The minimum absolute atomic E-state index is 0.985. The van der Waals surface area contributed by atoms with Crippen LogP contribution in [0.2, 0.25) is 0 Å². The lowest BCUT2D eigenvalue weighted by Crippen LogP contribution is -1.86. The van der Waals surface area contributed by atoms with Crippen molar-refractivity contribution in [2.75, 3.05) is 0 Å². The molecule has 0 aliphatic heterocycles. The minimum atomic E-state index is 0.985. The summed E-state index contributed by atoms with van der Waals surface area (Å²) in [4.78, 5) is 4.51. The van der Waals surface area contributed by atoms with Crippen LogP contribution >= 0.6 is 15.9 Å². The Bertz CT molecular complexity index is 445. The Hall–Kier alpha value is -0.830. The second-order valence-corrected chi connectivity index (χ2v) is 4.07. The summed E-state index contributed by atoms with van der Waals surface area (Å²) in [5, 5.41) is 0. The van der Waals surface area contributed by atoms with E-state index < -0.39 is 0 Å². The summed E-state index contributed by atoms with van der Waals surface area (Å²) in [5.41, 5.74) is 3.40. The summed E-state index contributed by atoms with van der Waals surface area (Å²) in [6, 6.07) is 2.09. The van der Waals surface area contributed by atoms with Crippen LogP contribution in [0.3, 0.4) is 0 Å². The Morgan fingerprint density at radius 2 is 2.23 bits per heavy atom. The summed E-state index contributed by atoms with van der Waals surface area (Å²) in [5.74, 6) is 0. The third-order valence-electron chi connectivity index (χ3n) is 2.11. The van der Waals surface area contributed by atoms with E-state index in [-0.39, 0.29) is 0 Å². The van der Waals surface area contributed by atoms with E-state index in [1.165, 1.54) is 5.56 Å². The highest BCUT2D eigenvalue weighted by Crippen LogP contribution is 2.17. The highest BCUT2D eigenvalue weighted by molar-refractivity contribution is 9.10. The van der Waals surface area contributed by atoms with Gasteiger partial charge in [-0.1, -0.05) is 6.92 Å². The van der Waals surface area contributed by atoms with Gasteiger partial charge in [-0.05, 0) is 40.9 Å². The maximum atomic E-state index is 4.51. The van der Waals surface area contributed by atoms with E-state index in [1.807, 2.05) is 6.20 Å². The zero-order valence-corrected chi connectivity index (χ0v) is 9.30. The van der Waals surface area contributed by atoms with Crippen molar-refractivity contribution >= 4 is 21.6 Å². The average molecular weight is 239 g/mol. The van der Waals surface area contributed by atoms with Gasteiger partial charge in [0.05, 0.1) is 5.69 Å². The third-order valence-corrected chi connectivity index (χ3v) is 2.55. The monoisotopic (exact) mass is 238 g/mol. The molecule has 2 aromatic rings. The molecule has 0 bridgehead atoms. The number of nitrogens with zero attached hydrogens (tertiary/aromatic N) is 2. The lowest BCUT2D eigenvalue weighted by Gasteiger charge is -1.97. The molecule has 0 aliphatic rings. The van der Waals surface area contributed by atoms with Gasteiger partial charge in [0, 0.05) is 16.9 Å². The van der Waals surface area contributed by atoms with Crippen LogP contribution in [-0.4, -0.2) is 9.38 Å². The molecular weight excluding hydrogens is 228 g/mol. The van der Waals surface area contributed by atoms with Gasteiger partial charge in [0.2, 0.25) is 0 Å². The number of pyridine rings is 1. The number of hydrogen-bond acceptors (Lipinski definition) is 1. The fraction of sp³-hybridized carbons (Fsp3) is 0.300. The molecule has 0 saturated carbocycles. The largest absolute Gasteiger partial charge is 0.305 e. The van der Waals surface area contributed by atoms with Crippen molar-refractivity contribution < 1.29 is 0 Å². The summed E-state index contributed by atoms with van der Waals surface area (Å²) < 4.78 is 3.16. The fourth-order valence-corrected chi connectivity index (χ4v) is 2.01. The first-order valence-corrected chi connectivity index (χ1v) is 5.13. The first kappa shape index (κ1) is 8.75. The van der Waals surface area contributed by atoms with Gasteiger partial charge in [-0.25, -0.2) is 4.98 Å². The third kappa shape index (κ3) is 1.48. The average Bonchev–Trinajstić information content (AvgIpc) is 2.47. The van der Waals surface area contributed by atoms with Gasteiger partial charge in [0.15, 0.2) is 0 Å². The highest BCUT2D eigenvalue weighted by Gasteiger charge is 2.03. The number of aryl methyl sites for hydroxylation is 2. The van der Waals surface area contributed by atoms with Crippen molar-refractivity contribution in [3.8, 4) is 0 Å². The van der Waals surface area contributed by atoms with Crippen molar-refractivity contribution in [2.45, 2.75) is 20.3 Å². The van der Waals surface area contributed by atoms with Crippen molar-refractivity contribution in [3.63, 3.8) is 0 Å². The number of imidazole rings is 1. The zero-order chi connectivity index (χ0) is 9.42. The van der Waals surface area contributed by atoms with Gasteiger partial charge in [0.25, 0.3) is 0 Å². The molecule has 68 valence electrons. The van der Waals surface area contributed by atoms with Crippen LogP contribution in [-0.2, 0) is 6.42 Å². The quantitative estimate of drug-likeness (QED) is 0.747. The number of rotatable bonds is 1. The number of hydrogen-bond donors (Lipinski definition) is 0. The molecule has 0 amide bonds. The number of aromatic nitrogens is 2. The van der Waals surface area contributed by atoms with Gasteiger partial charge in [-0.3, -0.25) is 0 Å². The smallest absolute Gasteiger partial charge is 0.139 e. The highest BCUT2D eigenvalue weighted by atomic mass is 79.9. The van der Waals surface area contributed by atoms with Crippen molar-refractivity contribution in [3.05, 3.63) is 34.2 Å². The maximum Gasteiger partial charge on any atom is 0.139 e. The van der Waals surface area contributed by atoms with Crippen LogP contribution in [0.4, 0.5) is 0 Å². The fourth-order valence-electron chi connectivity index (χ4n) is 1.45. The Labute approximate surface area is 85.7 Å². The first-order valence-electron chi connectivity index (χ1n) is 4.34. The van der Waals surface area contributed by atoms with Crippen molar-refractivity contribution in [2.24, 2.45) is 0 Å². The summed E-state index contributed by atoms with van der Waals surface area (Å²) in [6.07, 6.45) is 5.10. The molecule has 0 atom stereocenters. The molecule has 0 unspecified atom stereocenters. The molecule has 0 fully saturated rings. The molecule has 0 aromatic carbocycles. The predicted octanol–water partition coefficient (Wildman–Crippen LogP) is 2.97. The zero-order valence-electron chi connectivity index (χ0n) is 7.71. The number of halogens is 1. The molecule has 0 aliphatic carbocycles. The Balaban J connectivity index is 2.75.